The molecule has 0 aromatic carbocycles. The number of rotatable bonds is 0. The molecule has 0 bridgehead atoms. The molecule has 0 N–H and O–H groups in total. The van der Waals surface area contributed by atoms with Crippen LogP contribution >= 0.6 is 0 Å². The van der Waals surface area contributed by atoms with Crippen LogP contribution < -0.4 is 0 Å². The lowest BCUT2D eigenvalue weighted by Crippen LogP contribution is -2.28. The van der Waals surface area contributed by atoms with E-state index in [-0.39, 0.29) is 23.7 Å². The van der Waals surface area contributed by atoms with Crippen LogP contribution in [-0.2, 0) is 14.3 Å². The third-order valence-electron chi connectivity index (χ3n) is 2.38. The number of hydrogen-bond donors (Lipinski definition) is 0. The van der Waals surface area contributed by atoms with Gasteiger partial charge in [0.2, 0.25) is 11.8 Å². The molecule has 2 amide bonds. The van der Waals surface area contributed by atoms with E-state index in [1.54, 1.807) is 0 Å². The molecule has 0 aliphatic carbocycles. The maximum absolute atomic E-state index is 11.2. The van der Waals surface area contributed by atoms with E-state index in [1.165, 1.54) is 11.9 Å². The molecule has 0 radical (unpaired) electrons. The highest BCUT2D eigenvalue weighted by Gasteiger charge is 2.49. The van der Waals surface area contributed by atoms with Gasteiger partial charge in [-0.25, -0.2) is 0 Å². The highest BCUT2D eigenvalue weighted by molar-refractivity contribution is 6.05. The predicted octanol–water partition coefficient (Wildman–Crippen LogP) is -0.752. The Balaban J connectivity index is 2.30. The van der Waals surface area contributed by atoms with Crippen LogP contribution in [-0.4, -0.2) is 37.0 Å². The van der Waals surface area contributed by atoms with E-state index in [2.05, 4.69) is 0 Å². The lowest BCUT2D eigenvalue weighted by atomic mass is 10.00. The Morgan fingerprint density at radius 1 is 1.27 bits per heavy atom. The molecule has 2 rings (SSSR count). The van der Waals surface area contributed by atoms with Crippen LogP contribution in [0, 0.1) is 11.8 Å². The number of amides is 2. The Morgan fingerprint density at radius 2 is 1.73 bits per heavy atom. The Hall–Kier alpha value is -0.900. The monoisotopic (exact) mass is 155 g/mol. The molecule has 0 unspecified atom stereocenters. The minimum Gasteiger partial charge on any atom is -0.380 e. The summed E-state index contributed by atoms with van der Waals surface area (Å²) in [5, 5.41) is 0. The van der Waals surface area contributed by atoms with Gasteiger partial charge in [0.05, 0.1) is 25.0 Å². The molecule has 0 spiro atoms. The molecule has 0 aromatic rings. The smallest absolute Gasteiger partial charge is 0.235 e. The van der Waals surface area contributed by atoms with E-state index in [4.69, 9.17) is 4.74 Å². The van der Waals surface area contributed by atoms with Crippen molar-refractivity contribution in [1.29, 1.82) is 0 Å². The third kappa shape index (κ3) is 0.728. The lowest BCUT2D eigenvalue weighted by molar-refractivity contribution is -0.139. The van der Waals surface area contributed by atoms with Crippen molar-refractivity contribution in [3.8, 4) is 0 Å². The maximum Gasteiger partial charge on any atom is 0.235 e. The van der Waals surface area contributed by atoms with Gasteiger partial charge in [0.1, 0.15) is 0 Å². The van der Waals surface area contributed by atoms with Gasteiger partial charge in [0, 0.05) is 7.05 Å². The molecular formula is C7H9NO3. The normalized spacial score (nSPS) is 36.6. The highest BCUT2D eigenvalue weighted by Crippen LogP contribution is 2.30. The first-order valence-corrected chi connectivity index (χ1v) is 3.61. The Morgan fingerprint density at radius 3 is 2.18 bits per heavy atom. The van der Waals surface area contributed by atoms with Crippen molar-refractivity contribution in [2.75, 3.05) is 20.3 Å². The van der Waals surface area contributed by atoms with Crippen molar-refractivity contribution in [3.63, 3.8) is 0 Å². The minimum absolute atomic E-state index is 0.0856. The molecule has 4 nitrogen and oxygen atoms in total. The van der Waals surface area contributed by atoms with Crippen molar-refractivity contribution in [2.45, 2.75) is 0 Å². The van der Waals surface area contributed by atoms with Crippen LogP contribution in [0.1, 0.15) is 0 Å². The molecule has 2 heterocycles. The Bertz CT molecular complexity index is 204. The molecular weight excluding hydrogens is 146 g/mol. The van der Waals surface area contributed by atoms with Crippen molar-refractivity contribution in [1.82, 2.24) is 4.90 Å². The van der Waals surface area contributed by atoms with E-state index in [1.807, 2.05) is 0 Å². The molecule has 2 saturated heterocycles. The van der Waals surface area contributed by atoms with Gasteiger partial charge in [-0.2, -0.15) is 0 Å². The quantitative estimate of drug-likeness (QED) is 0.432. The lowest BCUT2D eigenvalue weighted by Gasteiger charge is -2.06. The van der Waals surface area contributed by atoms with Gasteiger partial charge in [0.25, 0.3) is 0 Å². The summed E-state index contributed by atoms with van der Waals surface area (Å²) in [4.78, 5) is 23.7. The van der Waals surface area contributed by atoms with Gasteiger partial charge < -0.3 is 4.74 Å². The molecule has 11 heavy (non-hydrogen) atoms. The molecule has 0 saturated carbocycles. The van der Waals surface area contributed by atoms with Crippen LogP contribution in [0.25, 0.3) is 0 Å². The summed E-state index contributed by atoms with van der Waals surface area (Å²) in [6.07, 6.45) is 0. The molecule has 2 fully saturated rings. The predicted molar refractivity (Wildman–Crippen MR) is 35.6 cm³/mol. The van der Waals surface area contributed by atoms with E-state index < -0.39 is 0 Å². The van der Waals surface area contributed by atoms with Crippen molar-refractivity contribution >= 4 is 11.8 Å². The summed E-state index contributed by atoms with van der Waals surface area (Å²) in [6.45, 7) is 0.833. The number of hydrogen-bond acceptors (Lipinski definition) is 3. The molecule has 2 atom stereocenters. The molecule has 60 valence electrons. The zero-order chi connectivity index (χ0) is 8.01. The van der Waals surface area contributed by atoms with Crippen molar-refractivity contribution in [2.24, 2.45) is 11.8 Å². The van der Waals surface area contributed by atoms with Crippen LogP contribution in [0.5, 0.6) is 0 Å². The van der Waals surface area contributed by atoms with Crippen LogP contribution in [0.2, 0.25) is 0 Å². The second-order valence-corrected chi connectivity index (χ2v) is 2.99. The largest absolute Gasteiger partial charge is 0.380 e. The summed E-state index contributed by atoms with van der Waals surface area (Å²) in [5.74, 6) is -0.546. The number of likely N-dealkylation sites (tertiary alicyclic amines) is 1. The topological polar surface area (TPSA) is 46.6 Å². The second-order valence-electron chi connectivity index (χ2n) is 2.99. The average molecular weight is 155 g/mol. The van der Waals surface area contributed by atoms with Crippen LogP contribution in [0.15, 0.2) is 0 Å². The summed E-state index contributed by atoms with van der Waals surface area (Å²) in [6, 6.07) is 0. The van der Waals surface area contributed by atoms with Crippen molar-refractivity contribution in [3.05, 3.63) is 0 Å². The number of fused-ring (bicyclic) bond motifs is 1. The van der Waals surface area contributed by atoms with Gasteiger partial charge in [0.15, 0.2) is 0 Å². The Labute approximate surface area is 64.1 Å². The standard InChI is InChI=1S/C7H9NO3/c1-8-6(9)4-2-11-3-5(4)7(8)10/h4-5H,2-3H2,1H3/t4-,5+. The summed E-state index contributed by atoms with van der Waals surface area (Å²) in [7, 11) is 1.53. The first-order chi connectivity index (χ1) is 5.22. The number of carbonyl (C=O) groups excluding carboxylic acids is 2. The SMILES string of the molecule is CN1C(=O)[C@H]2COC[C@H]2C1=O. The molecule has 0 aromatic heterocycles. The minimum atomic E-state index is -0.188. The van der Waals surface area contributed by atoms with Crippen LogP contribution in [0.4, 0.5) is 0 Å². The van der Waals surface area contributed by atoms with Crippen LogP contribution in [0.3, 0.4) is 0 Å². The van der Waals surface area contributed by atoms with Gasteiger partial charge in [-0.3, -0.25) is 14.5 Å². The fraction of sp³-hybridized carbons (Fsp3) is 0.714. The number of nitrogens with zero attached hydrogens (tertiary/aromatic N) is 1. The summed E-state index contributed by atoms with van der Waals surface area (Å²) in [5.41, 5.74) is 0. The fourth-order valence-electron chi connectivity index (χ4n) is 1.65. The Kier molecular flexibility index (Phi) is 1.26. The first kappa shape index (κ1) is 6.79. The van der Waals surface area contributed by atoms with E-state index in [0.29, 0.717) is 13.2 Å². The zero-order valence-corrected chi connectivity index (χ0v) is 6.24. The fourth-order valence-corrected chi connectivity index (χ4v) is 1.65. The van der Waals surface area contributed by atoms with Gasteiger partial charge in [-0.05, 0) is 0 Å². The summed E-state index contributed by atoms with van der Waals surface area (Å²) >= 11 is 0. The van der Waals surface area contributed by atoms with Crippen molar-refractivity contribution < 1.29 is 14.3 Å². The molecule has 2 aliphatic heterocycles. The highest BCUT2D eigenvalue weighted by atomic mass is 16.5. The van der Waals surface area contributed by atoms with E-state index in [9.17, 15) is 9.59 Å². The van der Waals surface area contributed by atoms with E-state index in [0.717, 1.165) is 0 Å². The third-order valence-corrected chi connectivity index (χ3v) is 2.38. The molecule has 4 heteroatoms. The van der Waals surface area contributed by atoms with Gasteiger partial charge >= 0.3 is 0 Å². The molecule has 2 aliphatic rings. The maximum atomic E-state index is 11.2. The second kappa shape index (κ2) is 2.04. The average Bonchev–Trinajstić information content (AvgIpc) is 2.53. The summed E-state index contributed by atoms with van der Waals surface area (Å²) < 4.78 is 5.03. The number of carbonyl (C=O) groups is 2. The van der Waals surface area contributed by atoms with Gasteiger partial charge in [-0.1, -0.05) is 0 Å². The van der Waals surface area contributed by atoms with E-state index >= 15 is 0 Å². The van der Waals surface area contributed by atoms with Gasteiger partial charge in [-0.15, -0.1) is 0 Å². The zero-order valence-electron chi connectivity index (χ0n) is 6.24. The number of ether oxygens (including phenoxy) is 1. The first-order valence-electron chi connectivity index (χ1n) is 3.61. The number of imide groups is 1.